The normalized spacial score (nSPS) is 51.3. The van der Waals surface area contributed by atoms with Crippen LogP contribution in [-0.2, 0) is 14.2 Å². The molecule has 0 aromatic heterocycles. The monoisotopic (exact) mass is 346 g/mol. The predicted octanol–water partition coefficient (Wildman–Crippen LogP) is 3.58. The standard InChI is InChI=1S/C21H30O4/c1-12(2)15-8-7-13(3)16-11-21(22)19(5)9-10-20(23-6,25-19)14(4)18(24-21)17(15)16/h7,9-10,12,15-18,22H,4,8,11H2,1-3,5-6H3/t15-,16+,17-,18-,19+,20-,21-/m1/s1. The maximum atomic E-state index is 11.5. The van der Waals surface area contributed by atoms with Gasteiger partial charge in [0.15, 0.2) is 5.79 Å². The molecule has 0 radical (unpaired) electrons. The summed E-state index contributed by atoms with van der Waals surface area (Å²) in [4.78, 5) is 0. The molecule has 1 N–H and O–H groups in total. The highest BCUT2D eigenvalue weighted by atomic mass is 16.7. The first-order valence-electron chi connectivity index (χ1n) is 9.38. The van der Waals surface area contributed by atoms with Gasteiger partial charge in [-0.2, -0.15) is 0 Å². The molecule has 0 aromatic carbocycles. The highest BCUT2D eigenvalue weighted by molar-refractivity contribution is 5.36. The third kappa shape index (κ3) is 2.14. The minimum atomic E-state index is -1.39. The van der Waals surface area contributed by atoms with Gasteiger partial charge in [0.05, 0.1) is 6.10 Å². The molecule has 4 nitrogen and oxygen atoms in total. The van der Waals surface area contributed by atoms with Gasteiger partial charge in [0.2, 0.25) is 5.79 Å². The molecule has 0 saturated carbocycles. The summed E-state index contributed by atoms with van der Waals surface area (Å²) >= 11 is 0. The van der Waals surface area contributed by atoms with E-state index >= 15 is 0 Å². The van der Waals surface area contributed by atoms with Crippen molar-refractivity contribution >= 4 is 0 Å². The van der Waals surface area contributed by atoms with Crippen LogP contribution in [0, 0.1) is 23.7 Å². The topological polar surface area (TPSA) is 47.9 Å². The van der Waals surface area contributed by atoms with Crippen LogP contribution in [0.2, 0.25) is 0 Å². The van der Waals surface area contributed by atoms with Gasteiger partial charge in [-0.15, -0.1) is 0 Å². The number of rotatable bonds is 2. The number of ether oxygens (including phenoxy) is 3. The van der Waals surface area contributed by atoms with Crippen LogP contribution < -0.4 is 0 Å². The lowest BCUT2D eigenvalue weighted by atomic mass is 9.60. The van der Waals surface area contributed by atoms with Gasteiger partial charge < -0.3 is 19.3 Å². The minimum absolute atomic E-state index is 0.267. The molecule has 1 aliphatic carbocycles. The lowest BCUT2D eigenvalue weighted by Gasteiger charge is -2.54. The fourth-order valence-corrected chi connectivity index (χ4v) is 5.41. The van der Waals surface area contributed by atoms with Gasteiger partial charge in [-0.3, -0.25) is 0 Å². The van der Waals surface area contributed by atoms with Crippen LogP contribution in [0.1, 0.15) is 40.5 Å². The van der Waals surface area contributed by atoms with Gasteiger partial charge in [0.25, 0.3) is 0 Å². The molecule has 2 saturated heterocycles. The summed E-state index contributed by atoms with van der Waals surface area (Å²) in [5, 5.41) is 11.5. The van der Waals surface area contributed by atoms with Gasteiger partial charge in [0, 0.05) is 19.1 Å². The van der Waals surface area contributed by atoms with Crippen molar-refractivity contribution in [2.24, 2.45) is 23.7 Å². The smallest absolute Gasteiger partial charge is 0.214 e. The zero-order valence-electron chi connectivity index (χ0n) is 15.9. The highest BCUT2D eigenvalue weighted by Gasteiger charge is 2.66. The Hall–Kier alpha value is -0.940. The molecule has 25 heavy (non-hydrogen) atoms. The van der Waals surface area contributed by atoms with Crippen LogP contribution in [0.25, 0.3) is 0 Å². The van der Waals surface area contributed by atoms with Gasteiger partial charge in [0.1, 0.15) is 5.60 Å². The quantitative estimate of drug-likeness (QED) is 0.777. The van der Waals surface area contributed by atoms with Gasteiger partial charge >= 0.3 is 0 Å². The maximum absolute atomic E-state index is 11.5. The molecule has 4 aliphatic rings. The van der Waals surface area contributed by atoms with E-state index in [9.17, 15) is 5.11 Å². The molecule has 3 heterocycles. The molecular weight excluding hydrogens is 316 g/mol. The Morgan fingerprint density at radius 2 is 2.08 bits per heavy atom. The second-order valence-electron chi connectivity index (χ2n) is 8.74. The maximum Gasteiger partial charge on any atom is 0.214 e. The first-order valence-corrected chi connectivity index (χ1v) is 9.38. The van der Waals surface area contributed by atoms with E-state index in [0.717, 1.165) is 12.0 Å². The van der Waals surface area contributed by atoms with E-state index in [2.05, 4.69) is 33.4 Å². The lowest BCUT2D eigenvalue weighted by molar-refractivity contribution is -0.336. The van der Waals surface area contributed by atoms with Crippen molar-refractivity contribution < 1.29 is 19.3 Å². The second kappa shape index (κ2) is 5.29. The summed E-state index contributed by atoms with van der Waals surface area (Å²) in [7, 11) is 1.63. The van der Waals surface area contributed by atoms with Gasteiger partial charge in [-0.1, -0.05) is 32.1 Å². The van der Waals surface area contributed by atoms with E-state index in [1.807, 2.05) is 19.1 Å². The molecule has 138 valence electrons. The summed E-state index contributed by atoms with van der Waals surface area (Å²) in [6, 6.07) is 0. The van der Waals surface area contributed by atoms with Crippen molar-refractivity contribution in [2.75, 3.05) is 7.11 Å². The zero-order chi connectivity index (χ0) is 18.2. The van der Waals surface area contributed by atoms with Crippen molar-refractivity contribution in [1.29, 1.82) is 0 Å². The SMILES string of the molecule is C=C1[C@H]2O[C@](O)(C[C@H]3C(C)=CC[C@H](C(C)C)[C@@H]23)[C@]2(C)C=C[C@@]1(OC)O2. The molecule has 4 bridgehead atoms. The lowest BCUT2D eigenvalue weighted by Crippen LogP contribution is -2.61. The van der Waals surface area contributed by atoms with Crippen LogP contribution in [-0.4, -0.2) is 35.5 Å². The van der Waals surface area contributed by atoms with Crippen molar-refractivity contribution in [3.05, 3.63) is 36.0 Å². The van der Waals surface area contributed by atoms with Crippen molar-refractivity contribution in [3.63, 3.8) is 0 Å². The number of aliphatic hydroxyl groups is 1. The Morgan fingerprint density at radius 1 is 1.36 bits per heavy atom. The van der Waals surface area contributed by atoms with E-state index in [1.165, 1.54) is 5.57 Å². The molecule has 7 atom stereocenters. The number of hydrogen-bond acceptors (Lipinski definition) is 4. The Morgan fingerprint density at radius 3 is 2.72 bits per heavy atom. The molecule has 4 rings (SSSR count). The summed E-state index contributed by atoms with van der Waals surface area (Å²) in [5.41, 5.74) is 1.16. The molecule has 3 aliphatic heterocycles. The summed E-state index contributed by atoms with van der Waals surface area (Å²) in [6.07, 6.45) is 7.41. The van der Waals surface area contributed by atoms with Crippen LogP contribution in [0.4, 0.5) is 0 Å². The third-order valence-corrected chi connectivity index (χ3v) is 7.13. The molecule has 4 heteroatoms. The van der Waals surface area contributed by atoms with Crippen LogP contribution >= 0.6 is 0 Å². The van der Waals surface area contributed by atoms with Gasteiger partial charge in [-0.05, 0) is 56.1 Å². The van der Waals surface area contributed by atoms with E-state index in [4.69, 9.17) is 14.2 Å². The number of allylic oxidation sites excluding steroid dienone is 2. The number of fused-ring (bicyclic) bond motifs is 7. The molecule has 2 fully saturated rings. The summed E-state index contributed by atoms with van der Waals surface area (Å²) in [5.74, 6) is -0.834. The fourth-order valence-electron chi connectivity index (χ4n) is 5.41. The average molecular weight is 346 g/mol. The Bertz CT molecular complexity index is 665. The largest absolute Gasteiger partial charge is 0.363 e. The van der Waals surface area contributed by atoms with Crippen LogP contribution in [0.3, 0.4) is 0 Å². The molecule has 0 amide bonds. The van der Waals surface area contributed by atoms with E-state index in [1.54, 1.807) is 7.11 Å². The first-order chi connectivity index (χ1) is 11.7. The Kier molecular flexibility index (Phi) is 3.70. The summed E-state index contributed by atoms with van der Waals surface area (Å²) in [6.45, 7) is 12.9. The van der Waals surface area contributed by atoms with Crippen molar-refractivity contribution in [3.8, 4) is 0 Å². The summed E-state index contributed by atoms with van der Waals surface area (Å²) < 4.78 is 18.4. The van der Waals surface area contributed by atoms with Crippen molar-refractivity contribution in [2.45, 2.75) is 63.8 Å². The van der Waals surface area contributed by atoms with Crippen LogP contribution in [0.15, 0.2) is 36.0 Å². The van der Waals surface area contributed by atoms with E-state index < -0.39 is 17.2 Å². The molecule has 0 spiro atoms. The zero-order valence-corrected chi connectivity index (χ0v) is 15.9. The van der Waals surface area contributed by atoms with Crippen molar-refractivity contribution in [1.82, 2.24) is 0 Å². The molecule has 0 aromatic rings. The number of hydrogen-bond donors (Lipinski definition) is 1. The van der Waals surface area contributed by atoms with Gasteiger partial charge in [-0.25, -0.2) is 0 Å². The van der Waals surface area contributed by atoms with E-state index in [0.29, 0.717) is 18.3 Å². The average Bonchev–Trinajstić information content (AvgIpc) is 2.92. The number of methoxy groups -OCH3 is 1. The molecular formula is C21H30O4. The van der Waals surface area contributed by atoms with E-state index in [-0.39, 0.29) is 17.9 Å². The Labute approximate surface area is 150 Å². The van der Waals surface area contributed by atoms with Crippen LogP contribution in [0.5, 0.6) is 0 Å². The second-order valence-corrected chi connectivity index (χ2v) is 8.74. The fraction of sp³-hybridized carbons (Fsp3) is 0.714. The minimum Gasteiger partial charge on any atom is -0.363 e. The molecule has 0 unspecified atom stereocenters. The first kappa shape index (κ1) is 17.5. The Balaban J connectivity index is 1.87. The third-order valence-electron chi connectivity index (χ3n) is 7.13. The predicted molar refractivity (Wildman–Crippen MR) is 95.6 cm³/mol. The highest BCUT2D eigenvalue weighted by Crippen LogP contribution is 2.59.